The molecule has 19 heavy (non-hydrogen) atoms. The minimum Gasteiger partial charge on any atom is -0.378 e. The van der Waals surface area contributed by atoms with Crippen molar-refractivity contribution in [2.24, 2.45) is 5.92 Å². The largest absolute Gasteiger partial charge is 0.378 e. The molecular weight excluding hydrogens is 244 g/mol. The van der Waals surface area contributed by atoms with E-state index in [0.29, 0.717) is 18.3 Å². The van der Waals surface area contributed by atoms with Crippen LogP contribution in [0.25, 0.3) is 0 Å². The number of aromatic nitrogens is 2. The third kappa shape index (κ3) is 3.13. The molecule has 0 bridgehead atoms. The Labute approximate surface area is 113 Å². The Kier molecular flexibility index (Phi) is 4.10. The van der Waals surface area contributed by atoms with Crippen molar-refractivity contribution in [3.05, 3.63) is 11.7 Å². The SMILES string of the molecule is Cc1noc(C2COCCN2CC2CCNCC2)n1. The van der Waals surface area contributed by atoms with E-state index in [4.69, 9.17) is 9.26 Å². The maximum absolute atomic E-state index is 5.58. The summed E-state index contributed by atoms with van der Waals surface area (Å²) < 4.78 is 10.9. The molecule has 2 aliphatic rings. The second kappa shape index (κ2) is 5.98. The average Bonchev–Trinajstić information content (AvgIpc) is 2.87. The molecule has 0 spiro atoms. The number of rotatable bonds is 3. The fraction of sp³-hybridized carbons (Fsp3) is 0.846. The minimum absolute atomic E-state index is 0.129. The number of ether oxygens (including phenoxy) is 1. The molecule has 6 nitrogen and oxygen atoms in total. The van der Waals surface area contributed by atoms with Crippen LogP contribution < -0.4 is 5.32 Å². The lowest BCUT2D eigenvalue weighted by Crippen LogP contribution is -2.44. The maximum Gasteiger partial charge on any atom is 0.246 e. The van der Waals surface area contributed by atoms with Gasteiger partial charge in [0.1, 0.15) is 6.04 Å². The van der Waals surface area contributed by atoms with E-state index in [1.165, 1.54) is 12.8 Å². The minimum atomic E-state index is 0.129. The third-order valence-electron chi connectivity index (χ3n) is 4.02. The predicted octanol–water partition coefficient (Wildman–Crippen LogP) is 0.751. The number of aryl methyl sites for hydroxylation is 1. The average molecular weight is 266 g/mol. The highest BCUT2D eigenvalue weighted by Gasteiger charge is 2.31. The summed E-state index contributed by atoms with van der Waals surface area (Å²) in [5, 5.41) is 7.31. The van der Waals surface area contributed by atoms with E-state index in [9.17, 15) is 0 Å². The highest BCUT2D eigenvalue weighted by atomic mass is 16.5. The van der Waals surface area contributed by atoms with Crippen molar-refractivity contribution in [2.45, 2.75) is 25.8 Å². The van der Waals surface area contributed by atoms with Gasteiger partial charge in [-0.3, -0.25) is 4.90 Å². The lowest BCUT2D eigenvalue weighted by molar-refractivity contribution is -0.0282. The summed E-state index contributed by atoms with van der Waals surface area (Å²) >= 11 is 0. The zero-order valence-electron chi connectivity index (χ0n) is 11.5. The number of hydrogen-bond donors (Lipinski definition) is 1. The number of nitrogens with zero attached hydrogens (tertiary/aromatic N) is 3. The maximum atomic E-state index is 5.58. The molecule has 0 saturated carbocycles. The quantitative estimate of drug-likeness (QED) is 0.871. The van der Waals surface area contributed by atoms with Gasteiger partial charge in [0.2, 0.25) is 5.89 Å². The molecule has 6 heteroatoms. The van der Waals surface area contributed by atoms with Gasteiger partial charge >= 0.3 is 0 Å². The van der Waals surface area contributed by atoms with Crippen LogP contribution in [0.5, 0.6) is 0 Å². The van der Waals surface area contributed by atoms with Crippen LogP contribution in [0.1, 0.15) is 30.6 Å². The van der Waals surface area contributed by atoms with Crippen LogP contribution in [0.15, 0.2) is 4.52 Å². The predicted molar refractivity (Wildman–Crippen MR) is 69.8 cm³/mol. The van der Waals surface area contributed by atoms with Crippen LogP contribution in [-0.2, 0) is 4.74 Å². The number of morpholine rings is 1. The van der Waals surface area contributed by atoms with Crippen LogP contribution in [-0.4, -0.2) is 54.4 Å². The smallest absolute Gasteiger partial charge is 0.246 e. The molecule has 106 valence electrons. The lowest BCUT2D eigenvalue weighted by Gasteiger charge is -2.36. The summed E-state index contributed by atoms with van der Waals surface area (Å²) in [6.07, 6.45) is 2.51. The molecule has 2 saturated heterocycles. The lowest BCUT2D eigenvalue weighted by atomic mass is 9.96. The molecular formula is C13H22N4O2. The Bertz CT molecular complexity index is 403. The summed E-state index contributed by atoms with van der Waals surface area (Å²) in [4.78, 5) is 6.82. The summed E-state index contributed by atoms with van der Waals surface area (Å²) in [5.41, 5.74) is 0. The van der Waals surface area contributed by atoms with Gasteiger partial charge in [-0.15, -0.1) is 0 Å². The van der Waals surface area contributed by atoms with Crippen molar-refractivity contribution in [2.75, 3.05) is 39.4 Å². The van der Waals surface area contributed by atoms with Gasteiger partial charge in [0.15, 0.2) is 5.82 Å². The highest BCUT2D eigenvalue weighted by Crippen LogP contribution is 2.25. The molecule has 0 aliphatic carbocycles. The van der Waals surface area contributed by atoms with E-state index >= 15 is 0 Å². The molecule has 0 radical (unpaired) electrons. The summed E-state index contributed by atoms with van der Waals surface area (Å²) in [5.74, 6) is 2.17. The Morgan fingerprint density at radius 1 is 1.37 bits per heavy atom. The Morgan fingerprint density at radius 2 is 2.21 bits per heavy atom. The summed E-state index contributed by atoms with van der Waals surface area (Å²) in [6.45, 7) is 7.65. The fourth-order valence-corrected chi connectivity index (χ4v) is 2.93. The first kappa shape index (κ1) is 13.0. The molecule has 2 fully saturated rings. The van der Waals surface area contributed by atoms with Gasteiger partial charge in [-0.25, -0.2) is 0 Å². The van der Waals surface area contributed by atoms with Gasteiger partial charge in [-0.1, -0.05) is 5.16 Å². The van der Waals surface area contributed by atoms with Crippen molar-refractivity contribution < 1.29 is 9.26 Å². The Balaban J connectivity index is 1.66. The van der Waals surface area contributed by atoms with Gasteiger partial charge in [-0.05, 0) is 38.8 Å². The van der Waals surface area contributed by atoms with Crippen molar-refractivity contribution >= 4 is 0 Å². The van der Waals surface area contributed by atoms with Crippen LogP contribution in [0.2, 0.25) is 0 Å². The van der Waals surface area contributed by atoms with Gasteiger partial charge in [0.05, 0.1) is 13.2 Å². The van der Waals surface area contributed by atoms with Crippen molar-refractivity contribution in [3.63, 3.8) is 0 Å². The molecule has 0 aromatic carbocycles. The van der Waals surface area contributed by atoms with Gasteiger partial charge < -0.3 is 14.6 Å². The molecule has 1 aromatic heterocycles. The summed E-state index contributed by atoms with van der Waals surface area (Å²) in [6, 6.07) is 0.129. The monoisotopic (exact) mass is 266 g/mol. The van der Waals surface area contributed by atoms with Crippen molar-refractivity contribution in [1.82, 2.24) is 20.4 Å². The first-order chi connectivity index (χ1) is 9.33. The molecule has 1 atom stereocenters. The van der Waals surface area contributed by atoms with Crippen LogP contribution in [0, 0.1) is 12.8 Å². The van der Waals surface area contributed by atoms with Gasteiger partial charge in [0, 0.05) is 13.1 Å². The zero-order chi connectivity index (χ0) is 13.1. The molecule has 1 unspecified atom stereocenters. The fourth-order valence-electron chi connectivity index (χ4n) is 2.93. The molecule has 2 aliphatic heterocycles. The van der Waals surface area contributed by atoms with E-state index in [2.05, 4.69) is 20.4 Å². The standard InChI is InChI=1S/C13H22N4O2/c1-10-15-13(19-16-10)12-9-18-7-6-17(12)8-11-2-4-14-5-3-11/h11-12,14H,2-9H2,1H3. The topological polar surface area (TPSA) is 63.4 Å². The van der Waals surface area contributed by atoms with Crippen molar-refractivity contribution in [1.29, 1.82) is 0 Å². The number of hydrogen-bond acceptors (Lipinski definition) is 6. The van der Waals surface area contributed by atoms with E-state index in [1.807, 2.05) is 6.92 Å². The molecule has 3 rings (SSSR count). The van der Waals surface area contributed by atoms with Crippen LogP contribution in [0.3, 0.4) is 0 Å². The first-order valence-electron chi connectivity index (χ1n) is 7.15. The third-order valence-corrected chi connectivity index (χ3v) is 4.02. The molecule has 1 N–H and O–H groups in total. The van der Waals surface area contributed by atoms with Crippen LogP contribution >= 0.6 is 0 Å². The molecule has 3 heterocycles. The van der Waals surface area contributed by atoms with Crippen molar-refractivity contribution in [3.8, 4) is 0 Å². The van der Waals surface area contributed by atoms with E-state index in [-0.39, 0.29) is 6.04 Å². The number of piperidine rings is 1. The van der Waals surface area contributed by atoms with E-state index in [1.54, 1.807) is 0 Å². The van der Waals surface area contributed by atoms with Gasteiger partial charge in [-0.2, -0.15) is 4.98 Å². The molecule has 0 amide bonds. The highest BCUT2D eigenvalue weighted by molar-refractivity contribution is 4.94. The number of nitrogens with one attached hydrogen (secondary N) is 1. The summed E-state index contributed by atoms with van der Waals surface area (Å²) in [7, 11) is 0. The first-order valence-corrected chi connectivity index (χ1v) is 7.15. The van der Waals surface area contributed by atoms with E-state index < -0.39 is 0 Å². The van der Waals surface area contributed by atoms with Gasteiger partial charge in [0.25, 0.3) is 0 Å². The second-order valence-corrected chi connectivity index (χ2v) is 5.46. The van der Waals surface area contributed by atoms with E-state index in [0.717, 1.165) is 38.7 Å². The normalized spacial score (nSPS) is 26.7. The Hall–Kier alpha value is -0.980. The Morgan fingerprint density at radius 3 is 2.95 bits per heavy atom. The van der Waals surface area contributed by atoms with Crippen LogP contribution in [0.4, 0.5) is 0 Å². The zero-order valence-corrected chi connectivity index (χ0v) is 11.5. The molecule has 1 aromatic rings. The second-order valence-electron chi connectivity index (χ2n) is 5.46.